The van der Waals surface area contributed by atoms with Gasteiger partial charge in [0, 0.05) is 10.6 Å². The summed E-state index contributed by atoms with van der Waals surface area (Å²) in [5, 5.41) is 0.544. The van der Waals surface area contributed by atoms with Gasteiger partial charge in [0.2, 0.25) is 5.91 Å². The Labute approximate surface area is 114 Å². The first-order valence-electron chi connectivity index (χ1n) is 5.44. The van der Waals surface area contributed by atoms with Crippen molar-refractivity contribution >= 4 is 23.5 Å². The van der Waals surface area contributed by atoms with Crippen LogP contribution in [0.15, 0.2) is 48.5 Å². The van der Waals surface area contributed by atoms with E-state index in [0.29, 0.717) is 21.9 Å². The minimum absolute atomic E-state index is 0.338. The Morgan fingerprint density at radius 3 is 1.95 bits per heavy atom. The highest BCUT2D eigenvalue weighted by Crippen LogP contribution is 2.15. The molecule has 0 spiro atoms. The van der Waals surface area contributed by atoms with Gasteiger partial charge in [0.1, 0.15) is 5.75 Å². The van der Waals surface area contributed by atoms with Gasteiger partial charge in [-0.3, -0.25) is 4.79 Å². The molecule has 2 aromatic rings. The second-order valence-corrected chi connectivity index (χ2v) is 4.22. The number of hydrogen-bond donors (Lipinski definition) is 1. The first-order valence-corrected chi connectivity index (χ1v) is 5.81. The van der Waals surface area contributed by atoms with Crippen LogP contribution in [0.25, 0.3) is 0 Å². The van der Waals surface area contributed by atoms with Gasteiger partial charge < -0.3 is 10.5 Å². The molecule has 0 atom stereocenters. The Balaban J connectivity index is 2.10. The molecular weight excluding hydrogens is 266 g/mol. The van der Waals surface area contributed by atoms with E-state index >= 15 is 0 Å². The summed E-state index contributed by atoms with van der Waals surface area (Å²) in [6, 6.07) is 12.4. The van der Waals surface area contributed by atoms with E-state index in [1.54, 1.807) is 24.3 Å². The van der Waals surface area contributed by atoms with Gasteiger partial charge in [0.15, 0.2) is 0 Å². The van der Waals surface area contributed by atoms with Crippen LogP contribution in [0.4, 0.5) is 0 Å². The van der Waals surface area contributed by atoms with Crippen LogP contribution in [0.3, 0.4) is 0 Å². The molecule has 0 aliphatic heterocycles. The van der Waals surface area contributed by atoms with E-state index in [0.717, 1.165) is 0 Å². The van der Waals surface area contributed by atoms with Crippen molar-refractivity contribution in [2.75, 3.05) is 0 Å². The lowest BCUT2D eigenvalue weighted by Gasteiger charge is -2.04. The molecule has 0 fully saturated rings. The number of primary amides is 1. The van der Waals surface area contributed by atoms with Crippen molar-refractivity contribution in [1.82, 2.24) is 0 Å². The lowest BCUT2D eigenvalue weighted by Crippen LogP contribution is -2.11. The third-order valence-corrected chi connectivity index (χ3v) is 2.68. The Morgan fingerprint density at radius 2 is 1.42 bits per heavy atom. The average Bonchev–Trinajstić information content (AvgIpc) is 2.40. The van der Waals surface area contributed by atoms with Gasteiger partial charge in [0.25, 0.3) is 0 Å². The Hall–Kier alpha value is -2.33. The molecule has 0 aliphatic carbocycles. The zero-order valence-electron chi connectivity index (χ0n) is 9.80. The number of halogens is 1. The molecule has 19 heavy (non-hydrogen) atoms. The molecule has 0 saturated carbocycles. The summed E-state index contributed by atoms with van der Waals surface area (Å²) in [7, 11) is 0. The molecule has 2 N–H and O–H groups in total. The molecule has 5 heteroatoms. The van der Waals surface area contributed by atoms with Gasteiger partial charge in [0.05, 0.1) is 5.56 Å². The zero-order valence-corrected chi connectivity index (χ0v) is 10.6. The third-order valence-electron chi connectivity index (χ3n) is 2.43. The van der Waals surface area contributed by atoms with Crippen LogP contribution < -0.4 is 10.5 Å². The summed E-state index contributed by atoms with van der Waals surface area (Å²) >= 11 is 5.73. The van der Waals surface area contributed by atoms with Gasteiger partial charge in [-0.1, -0.05) is 11.6 Å². The quantitative estimate of drug-likeness (QED) is 0.691. The summed E-state index contributed by atoms with van der Waals surface area (Å²) in [5.41, 5.74) is 5.86. The molecule has 4 nitrogen and oxygen atoms in total. The Morgan fingerprint density at radius 1 is 0.895 bits per heavy atom. The van der Waals surface area contributed by atoms with Crippen molar-refractivity contribution < 1.29 is 14.3 Å². The minimum atomic E-state index is -0.532. The normalized spacial score (nSPS) is 9.95. The second kappa shape index (κ2) is 5.54. The maximum atomic E-state index is 11.8. The highest BCUT2D eigenvalue weighted by Gasteiger charge is 2.08. The first kappa shape index (κ1) is 13.1. The third kappa shape index (κ3) is 3.33. The van der Waals surface area contributed by atoms with E-state index in [-0.39, 0.29) is 0 Å². The monoisotopic (exact) mass is 275 g/mol. The summed E-state index contributed by atoms with van der Waals surface area (Å²) < 4.78 is 5.14. The van der Waals surface area contributed by atoms with E-state index in [4.69, 9.17) is 22.1 Å². The minimum Gasteiger partial charge on any atom is -0.423 e. The smallest absolute Gasteiger partial charge is 0.343 e. The Bertz CT molecular complexity index is 606. The maximum Gasteiger partial charge on any atom is 0.343 e. The van der Waals surface area contributed by atoms with E-state index in [1.165, 1.54) is 24.3 Å². The van der Waals surface area contributed by atoms with Crippen LogP contribution in [-0.4, -0.2) is 11.9 Å². The molecule has 0 radical (unpaired) electrons. The molecule has 0 aromatic heterocycles. The van der Waals surface area contributed by atoms with E-state index < -0.39 is 11.9 Å². The standard InChI is InChI=1S/C14H10ClNO3/c15-11-5-1-10(2-6-11)14(18)19-12-7-3-9(4-8-12)13(16)17/h1-8H,(H2,16,17). The topological polar surface area (TPSA) is 69.4 Å². The van der Waals surface area contributed by atoms with Crippen molar-refractivity contribution in [3.05, 3.63) is 64.7 Å². The lowest BCUT2D eigenvalue weighted by molar-refractivity contribution is 0.0734. The van der Waals surface area contributed by atoms with E-state index in [2.05, 4.69) is 0 Å². The Kier molecular flexibility index (Phi) is 3.82. The summed E-state index contributed by atoms with van der Waals surface area (Å²) in [6.45, 7) is 0. The summed E-state index contributed by atoms with van der Waals surface area (Å²) in [4.78, 5) is 22.7. The molecular formula is C14H10ClNO3. The fourth-order valence-electron chi connectivity index (χ4n) is 1.44. The fraction of sp³-hybridized carbons (Fsp3) is 0. The predicted molar refractivity (Wildman–Crippen MR) is 71.4 cm³/mol. The number of ether oxygens (including phenoxy) is 1. The highest BCUT2D eigenvalue weighted by atomic mass is 35.5. The predicted octanol–water partition coefficient (Wildman–Crippen LogP) is 2.66. The van der Waals surface area contributed by atoms with Crippen LogP contribution in [-0.2, 0) is 0 Å². The van der Waals surface area contributed by atoms with Crippen molar-refractivity contribution in [3.63, 3.8) is 0 Å². The van der Waals surface area contributed by atoms with Crippen molar-refractivity contribution in [1.29, 1.82) is 0 Å². The van der Waals surface area contributed by atoms with Crippen molar-refractivity contribution in [2.45, 2.75) is 0 Å². The largest absolute Gasteiger partial charge is 0.423 e. The molecule has 2 aromatic carbocycles. The van der Waals surface area contributed by atoms with Gasteiger partial charge >= 0.3 is 5.97 Å². The molecule has 1 amide bonds. The highest BCUT2D eigenvalue weighted by molar-refractivity contribution is 6.30. The zero-order chi connectivity index (χ0) is 13.8. The maximum absolute atomic E-state index is 11.8. The molecule has 0 aliphatic rings. The van der Waals surface area contributed by atoms with E-state index in [1.807, 2.05) is 0 Å². The number of benzene rings is 2. The number of hydrogen-bond acceptors (Lipinski definition) is 3. The number of rotatable bonds is 3. The van der Waals surface area contributed by atoms with Gasteiger partial charge in [-0.15, -0.1) is 0 Å². The van der Waals surface area contributed by atoms with Crippen LogP contribution in [0.1, 0.15) is 20.7 Å². The molecule has 0 heterocycles. The van der Waals surface area contributed by atoms with Crippen LogP contribution in [0.5, 0.6) is 5.75 Å². The second-order valence-electron chi connectivity index (χ2n) is 3.79. The van der Waals surface area contributed by atoms with Gasteiger partial charge in [-0.2, -0.15) is 0 Å². The van der Waals surface area contributed by atoms with Gasteiger partial charge in [-0.25, -0.2) is 4.79 Å². The number of amides is 1. The SMILES string of the molecule is NC(=O)c1ccc(OC(=O)c2ccc(Cl)cc2)cc1. The molecule has 0 saturated heterocycles. The summed E-state index contributed by atoms with van der Waals surface area (Å²) in [5.74, 6) is -0.691. The van der Waals surface area contributed by atoms with Crippen LogP contribution in [0, 0.1) is 0 Å². The number of nitrogens with two attached hydrogens (primary N) is 1. The van der Waals surface area contributed by atoms with Crippen molar-refractivity contribution in [2.24, 2.45) is 5.73 Å². The first-order chi connectivity index (χ1) is 9.06. The van der Waals surface area contributed by atoms with Crippen LogP contribution >= 0.6 is 11.6 Å². The number of carbonyl (C=O) groups is 2. The lowest BCUT2D eigenvalue weighted by atomic mass is 10.2. The van der Waals surface area contributed by atoms with Crippen molar-refractivity contribution in [3.8, 4) is 5.75 Å². The molecule has 0 bridgehead atoms. The average molecular weight is 276 g/mol. The van der Waals surface area contributed by atoms with E-state index in [9.17, 15) is 9.59 Å². The molecule has 2 rings (SSSR count). The molecule has 96 valence electrons. The number of esters is 1. The number of carbonyl (C=O) groups excluding carboxylic acids is 2. The summed E-state index contributed by atoms with van der Waals surface area (Å²) in [6.07, 6.45) is 0. The van der Waals surface area contributed by atoms with Crippen LogP contribution in [0.2, 0.25) is 5.02 Å². The fourth-order valence-corrected chi connectivity index (χ4v) is 1.57. The molecule has 0 unspecified atom stereocenters. The van der Waals surface area contributed by atoms with Gasteiger partial charge in [-0.05, 0) is 48.5 Å².